The molecule has 0 aromatic heterocycles. The Morgan fingerprint density at radius 2 is 1.86 bits per heavy atom. The van der Waals surface area contributed by atoms with Crippen LogP contribution in [-0.4, -0.2) is 50.8 Å². The minimum Gasteiger partial charge on any atom is -0.379 e. The lowest BCUT2D eigenvalue weighted by Crippen LogP contribution is -2.40. The summed E-state index contributed by atoms with van der Waals surface area (Å²) in [5.41, 5.74) is 0.570. The third kappa shape index (κ3) is 4.42. The van der Waals surface area contributed by atoms with Crippen LogP contribution in [0.3, 0.4) is 0 Å². The lowest BCUT2D eigenvalue weighted by atomic mass is 10.3. The van der Waals surface area contributed by atoms with Gasteiger partial charge in [0.1, 0.15) is 0 Å². The summed E-state index contributed by atoms with van der Waals surface area (Å²) in [7, 11) is -3.50. The van der Waals surface area contributed by atoms with E-state index in [4.69, 9.17) is 16.3 Å². The number of alkyl halides is 1. The number of rotatable bonds is 6. The average Bonchev–Trinajstić information content (AvgIpc) is 2.54. The van der Waals surface area contributed by atoms with Crippen LogP contribution in [0, 0.1) is 0 Å². The number of hydrogen-bond donors (Lipinski definition) is 1. The van der Waals surface area contributed by atoms with Crippen LogP contribution in [0.2, 0.25) is 0 Å². The molecule has 1 saturated heterocycles. The Hall–Kier alpha value is -1.15. The van der Waals surface area contributed by atoms with Crippen molar-refractivity contribution >= 4 is 33.2 Å². The van der Waals surface area contributed by atoms with E-state index in [2.05, 4.69) is 5.32 Å². The number of nitrogens with one attached hydrogen (secondary N) is 1. The minimum atomic E-state index is -3.50. The molecule has 0 atom stereocenters. The SMILES string of the molecule is O=C(CCCCl)Nc1ccc(S(=O)(=O)N2CCOCC2)cc1. The fourth-order valence-electron chi connectivity index (χ4n) is 2.10. The molecule has 2 rings (SSSR count). The van der Waals surface area contributed by atoms with Crippen molar-refractivity contribution in [2.75, 3.05) is 37.5 Å². The molecule has 0 bridgehead atoms. The van der Waals surface area contributed by atoms with Crippen LogP contribution in [0.5, 0.6) is 0 Å². The van der Waals surface area contributed by atoms with E-state index in [9.17, 15) is 13.2 Å². The molecule has 22 heavy (non-hydrogen) atoms. The van der Waals surface area contributed by atoms with Crippen LogP contribution >= 0.6 is 11.6 Å². The normalized spacial score (nSPS) is 16.4. The number of sulfonamides is 1. The molecule has 0 unspecified atom stereocenters. The molecule has 0 spiro atoms. The fourth-order valence-corrected chi connectivity index (χ4v) is 3.64. The Morgan fingerprint density at radius 3 is 2.45 bits per heavy atom. The maximum Gasteiger partial charge on any atom is 0.243 e. The minimum absolute atomic E-state index is 0.135. The molecule has 8 heteroatoms. The zero-order valence-corrected chi connectivity index (χ0v) is 13.7. The maximum atomic E-state index is 12.4. The summed E-state index contributed by atoms with van der Waals surface area (Å²) >= 11 is 5.53. The van der Waals surface area contributed by atoms with Gasteiger partial charge in [-0.15, -0.1) is 11.6 Å². The van der Waals surface area contributed by atoms with Crippen LogP contribution in [0.1, 0.15) is 12.8 Å². The highest BCUT2D eigenvalue weighted by Crippen LogP contribution is 2.19. The summed E-state index contributed by atoms with van der Waals surface area (Å²) in [4.78, 5) is 11.8. The molecule has 122 valence electrons. The number of morpholine rings is 1. The van der Waals surface area contributed by atoms with E-state index in [0.717, 1.165) is 0 Å². The highest BCUT2D eigenvalue weighted by atomic mass is 35.5. The lowest BCUT2D eigenvalue weighted by Gasteiger charge is -2.26. The van der Waals surface area contributed by atoms with E-state index in [1.54, 1.807) is 12.1 Å². The third-order valence-corrected chi connectivity index (χ3v) is 5.46. The van der Waals surface area contributed by atoms with Crippen molar-refractivity contribution in [3.05, 3.63) is 24.3 Å². The van der Waals surface area contributed by atoms with Gasteiger partial charge in [0, 0.05) is 31.1 Å². The van der Waals surface area contributed by atoms with Crippen LogP contribution in [0.25, 0.3) is 0 Å². The predicted octanol–water partition coefficient (Wildman–Crippen LogP) is 1.67. The number of benzene rings is 1. The first-order valence-corrected chi connectivity index (χ1v) is 9.05. The molecule has 1 aliphatic heterocycles. The number of hydrogen-bond acceptors (Lipinski definition) is 4. The van der Waals surface area contributed by atoms with Crippen LogP contribution in [0.4, 0.5) is 5.69 Å². The molecule has 1 aliphatic rings. The molecular weight excluding hydrogens is 328 g/mol. The van der Waals surface area contributed by atoms with E-state index in [1.807, 2.05) is 0 Å². The summed E-state index contributed by atoms with van der Waals surface area (Å²) in [6, 6.07) is 6.18. The number of ether oxygens (including phenoxy) is 1. The molecule has 1 N–H and O–H groups in total. The van der Waals surface area contributed by atoms with Gasteiger partial charge >= 0.3 is 0 Å². The Kier molecular flexibility index (Phi) is 6.19. The molecule has 0 saturated carbocycles. The molecule has 1 aromatic carbocycles. The summed E-state index contributed by atoms with van der Waals surface area (Å²) in [5.74, 6) is 0.300. The van der Waals surface area contributed by atoms with E-state index in [-0.39, 0.29) is 10.8 Å². The van der Waals surface area contributed by atoms with Gasteiger partial charge in [0.15, 0.2) is 0 Å². The summed E-state index contributed by atoms with van der Waals surface area (Å²) < 4.78 is 31.4. The van der Waals surface area contributed by atoms with Crippen molar-refractivity contribution in [2.45, 2.75) is 17.7 Å². The smallest absolute Gasteiger partial charge is 0.243 e. The zero-order valence-electron chi connectivity index (χ0n) is 12.1. The maximum absolute atomic E-state index is 12.4. The Labute approximate surface area is 135 Å². The average molecular weight is 347 g/mol. The number of carbonyl (C=O) groups excluding carboxylic acids is 1. The second-order valence-electron chi connectivity index (χ2n) is 4.88. The topological polar surface area (TPSA) is 75.7 Å². The highest BCUT2D eigenvalue weighted by Gasteiger charge is 2.26. The standard InChI is InChI=1S/C14H19ClN2O4S/c15-7-1-2-14(18)16-12-3-5-13(6-4-12)22(19,20)17-8-10-21-11-9-17/h3-6H,1-2,7-11H2,(H,16,18). The largest absolute Gasteiger partial charge is 0.379 e. The Bertz CT molecular complexity index is 598. The highest BCUT2D eigenvalue weighted by molar-refractivity contribution is 7.89. The number of nitrogens with zero attached hydrogens (tertiary/aromatic N) is 1. The third-order valence-electron chi connectivity index (χ3n) is 3.28. The Morgan fingerprint density at radius 1 is 1.23 bits per heavy atom. The molecule has 0 radical (unpaired) electrons. The van der Waals surface area contributed by atoms with Crippen molar-refractivity contribution in [3.8, 4) is 0 Å². The van der Waals surface area contributed by atoms with Crippen molar-refractivity contribution in [1.29, 1.82) is 0 Å². The summed E-state index contributed by atoms with van der Waals surface area (Å²) in [6.07, 6.45) is 0.953. The van der Waals surface area contributed by atoms with Gasteiger partial charge in [0.2, 0.25) is 15.9 Å². The van der Waals surface area contributed by atoms with E-state index >= 15 is 0 Å². The summed E-state index contributed by atoms with van der Waals surface area (Å²) in [6.45, 7) is 1.54. The molecular formula is C14H19ClN2O4S. The zero-order chi connectivity index (χ0) is 16.0. The van der Waals surface area contributed by atoms with Crippen LogP contribution in [-0.2, 0) is 19.6 Å². The molecule has 1 aromatic rings. The van der Waals surface area contributed by atoms with Gasteiger partial charge in [0.05, 0.1) is 18.1 Å². The van der Waals surface area contributed by atoms with Crippen LogP contribution in [0.15, 0.2) is 29.2 Å². The van der Waals surface area contributed by atoms with Gasteiger partial charge in [-0.25, -0.2) is 8.42 Å². The molecule has 1 amide bonds. The van der Waals surface area contributed by atoms with Crippen molar-refractivity contribution in [3.63, 3.8) is 0 Å². The predicted molar refractivity (Wildman–Crippen MR) is 84.6 cm³/mol. The second kappa shape index (κ2) is 7.92. The van der Waals surface area contributed by atoms with Crippen molar-refractivity contribution in [1.82, 2.24) is 4.31 Å². The van der Waals surface area contributed by atoms with Crippen molar-refractivity contribution in [2.24, 2.45) is 0 Å². The van der Waals surface area contributed by atoms with E-state index in [0.29, 0.717) is 50.7 Å². The number of amides is 1. The van der Waals surface area contributed by atoms with E-state index < -0.39 is 10.0 Å². The molecule has 0 aliphatic carbocycles. The van der Waals surface area contributed by atoms with Gasteiger partial charge in [-0.3, -0.25) is 4.79 Å². The summed E-state index contributed by atoms with van der Waals surface area (Å²) in [5, 5.41) is 2.71. The lowest BCUT2D eigenvalue weighted by molar-refractivity contribution is -0.116. The van der Waals surface area contributed by atoms with Gasteiger partial charge in [0.25, 0.3) is 0 Å². The van der Waals surface area contributed by atoms with E-state index in [1.165, 1.54) is 16.4 Å². The van der Waals surface area contributed by atoms with Gasteiger partial charge in [-0.1, -0.05) is 0 Å². The molecule has 1 fully saturated rings. The van der Waals surface area contributed by atoms with Crippen molar-refractivity contribution < 1.29 is 17.9 Å². The molecule has 6 nitrogen and oxygen atoms in total. The second-order valence-corrected chi connectivity index (χ2v) is 7.20. The number of halogens is 1. The number of carbonyl (C=O) groups is 1. The van der Waals surface area contributed by atoms with Gasteiger partial charge < -0.3 is 10.1 Å². The first-order chi connectivity index (χ1) is 10.5. The Balaban J connectivity index is 2.03. The first kappa shape index (κ1) is 17.2. The van der Waals surface area contributed by atoms with Gasteiger partial charge in [-0.2, -0.15) is 4.31 Å². The first-order valence-electron chi connectivity index (χ1n) is 7.08. The number of anilines is 1. The van der Waals surface area contributed by atoms with Gasteiger partial charge in [-0.05, 0) is 30.7 Å². The monoisotopic (exact) mass is 346 g/mol. The quantitative estimate of drug-likeness (QED) is 0.795. The fraction of sp³-hybridized carbons (Fsp3) is 0.500. The molecule has 1 heterocycles. The van der Waals surface area contributed by atoms with Crippen LogP contribution < -0.4 is 5.32 Å².